The number of hydrogen-bond acceptors (Lipinski definition) is 5. The number of carbonyl (C=O) groups is 2. The number of aromatic nitrogens is 2. The number of nitrogens with zero attached hydrogens (tertiary/aromatic N) is 4. The second kappa shape index (κ2) is 7.75. The summed E-state index contributed by atoms with van der Waals surface area (Å²) in [6.07, 6.45) is 7.04. The highest BCUT2D eigenvalue weighted by Gasteiger charge is 2.47. The van der Waals surface area contributed by atoms with Gasteiger partial charge < -0.3 is 9.80 Å². The second-order valence-corrected chi connectivity index (χ2v) is 10.1. The van der Waals surface area contributed by atoms with Crippen molar-refractivity contribution in [1.82, 2.24) is 9.97 Å². The highest BCUT2D eigenvalue weighted by Crippen LogP contribution is 2.51. The Hall–Kier alpha value is -3.09. The summed E-state index contributed by atoms with van der Waals surface area (Å²) >= 11 is 0. The predicted molar refractivity (Wildman–Crippen MR) is 126 cm³/mol. The molecule has 4 heterocycles. The average molecular weight is 449 g/mol. The Bertz CT molecular complexity index is 1200. The standard InChI is InChI=1S/C26H29FN4O2/c1-15-13-26(3,4)31-23-18(15)10-17(27)11-19(23)20(24(31)33)12-22(32)21-14-28-25(29-16(21)2)30-8-6-5-7-9-30/h10-12,14-15H,5-9,13H2,1-4H3. The zero-order valence-electron chi connectivity index (χ0n) is 19.6. The Balaban J connectivity index is 1.54. The minimum atomic E-state index is -0.427. The van der Waals surface area contributed by atoms with E-state index in [0.717, 1.165) is 43.6 Å². The maximum Gasteiger partial charge on any atom is 0.259 e. The molecule has 0 bridgehead atoms. The zero-order chi connectivity index (χ0) is 23.5. The van der Waals surface area contributed by atoms with E-state index in [0.29, 0.717) is 22.8 Å². The molecular weight excluding hydrogens is 419 g/mol. The van der Waals surface area contributed by atoms with Gasteiger partial charge in [-0.25, -0.2) is 14.4 Å². The van der Waals surface area contributed by atoms with Crippen molar-refractivity contribution in [3.63, 3.8) is 0 Å². The van der Waals surface area contributed by atoms with Crippen molar-refractivity contribution in [3.8, 4) is 0 Å². The van der Waals surface area contributed by atoms with E-state index >= 15 is 0 Å². The van der Waals surface area contributed by atoms with Crippen LogP contribution in [0, 0.1) is 12.7 Å². The summed E-state index contributed by atoms with van der Waals surface area (Å²) in [5, 5.41) is 0. The quantitative estimate of drug-likeness (QED) is 0.498. The number of carbonyl (C=O) groups excluding carboxylic acids is 2. The molecule has 1 aromatic heterocycles. The van der Waals surface area contributed by atoms with Gasteiger partial charge in [0.15, 0.2) is 5.78 Å². The highest BCUT2D eigenvalue weighted by atomic mass is 19.1. The topological polar surface area (TPSA) is 66.4 Å². The number of halogens is 1. The number of ketones is 1. The molecule has 1 unspecified atom stereocenters. The van der Waals surface area contributed by atoms with Crippen LogP contribution in [0.2, 0.25) is 0 Å². The molecular formula is C26H29FN4O2. The molecule has 1 atom stereocenters. The van der Waals surface area contributed by atoms with Crippen molar-refractivity contribution in [2.45, 2.75) is 64.8 Å². The summed E-state index contributed by atoms with van der Waals surface area (Å²) in [5.41, 5.74) is 2.79. The third-order valence-corrected chi connectivity index (χ3v) is 7.14. The van der Waals surface area contributed by atoms with Gasteiger partial charge in [-0.2, -0.15) is 0 Å². The molecule has 0 saturated carbocycles. The fraction of sp³-hybridized carbons (Fsp3) is 0.462. The van der Waals surface area contributed by atoms with Gasteiger partial charge >= 0.3 is 0 Å². The molecule has 0 spiro atoms. The smallest absolute Gasteiger partial charge is 0.259 e. The molecule has 1 aromatic carbocycles. The summed E-state index contributed by atoms with van der Waals surface area (Å²) in [6.45, 7) is 9.70. The summed E-state index contributed by atoms with van der Waals surface area (Å²) in [5.74, 6) is -0.246. The average Bonchev–Trinajstić information content (AvgIpc) is 3.04. The van der Waals surface area contributed by atoms with Gasteiger partial charge in [-0.15, -0.1) is 0 Å². The summed E-state index contributed by atoms with van der Waals surface area (Å²) in [4.78, 5) is 39.6. The number of anilines is 2. The van der Waals surface area contributed by atoms with Crippen molar-refractivity contribution in [1.29, 1.82) is 0 Å². The fourth-order valence-electron chi connectivity index (χ4n) is 5.61. The van der Waals surface area contributed by atoms with E-state index in [1.54, 1.807) is 18.0 Å². The number of piperidine rings is 1. The van der Waals surface area contributed by atoms with Crippen LogP contribution in [-0.2, 0) is 4.79 Å². The van der Waals surface area contributed by atoms with Crippen LogP contribution in [0.25, 0.3) is 5.57 Å². The minimum Gasteiger partial charge on any atom is -0.341 e. The van der Waals surface area contributed by atoms with E-state index < -0.39 is 11.4 Å². The van der Waals surface area contributed by atoms with Gasteiger partial charge in [-0.1, -0.05) is 6.92 Å². The molecule has 0 aliphatic carbocycles. The fourth-order valence-corrected chi connectivity index (χ4v) is 5.61. The molecule has 172 valence electrons. The van der Waals surface area contributed by atoms with Crippen LogP contribution >= 0.6 is 0 Å². The molecule has 0 radical (unpaired) electrons. The number of allylic oxidation sites excluding steroid dienone is 1. The minimum absolute atomic E-state index is 0.113. The number of rotatable bonds is 3. The van der Waals surface area contributed by atoms with Gasteiger partial charge in [0, 0.05) is 30.4 Å². The van der Waals surface area contributed by atoms with Gasteiger partial charge in [-0.05, 0) is 76.1 Å². The lowest BCUT2D eigenvalue weighted by Crippen LogP contribution is -2.49. The first-order chi connectivity index (χ1) is 15.7. The lowest BCUT2D eigenvalue weighted by molar-refractivity contribution is -0.114. The van der Waals surface area contributed by atoms with Gasteiger partial charge in [0.25, 0.3) is 5.91 Å². The molecule has 7 heteroatoms. The molecule has 1 amide bonds. The van der Waals surface area contributed by atoms with Gasteiger partial charge in [0.1, 0.15) is 5.82 Å². The van der Waals surface area contributed by atoms with Crippen LogP contribution in [0.4, 0.5) is 16.0 Å². The molecule has 3 aliphatic heterocycles. The molecule has 33 heavy (non-hydrogen) atoms. The Morgan fingerprint density at radius 3 is 2.64 bits per heavy atom. The molecule has 1 fully saturated rings. The number of aryl methyl sites for hydroxylation is 1. The molecule has 6 nitrogen and oxygen atoms in total. The van der Waals surface area contributed by atoms with Gasteiger partial charge in [-0.3, -0.25) is 9.59 Å². The van der Waals surface area contributed by atoms with Crippen molar-refractivity contribution in [3.05, 3.63) is 52.6 Å². The Morgan fingerprint density at radius 2 is 1.94 bits per heavy atom. The normalized spacial score (nSPS) is 22.6. The lowest BCUT2D eigenvalue weighted by atomic mass is 9.80. The van der Waals surface area contributed by atoms with E-state index in [-0.39, 0.29) is 23.2 Å². The summed E-state index contributed by atoms with van der Waals surface area (Å²) < 4.78 is 14.5. The monoisotopic (exact) mass is 448 g/mol. The maximum absolute atomic E-state index is 14.5. The molecule has 0 N–H and O–H groups in total. The highest BCUT2D eigenvalue weighted by molar-refractivity contribution is 6.36. The number of benzene rings is 1. The van der Waals surface area contributed by atoms with E-state index in [1.165, 1.54) is 24.6 Å². The van der Waals surface area contributed by atoms with Gasteiger partial charge in [0.2, 0.25) is 5.95 Å². The third-order valence-electron chi connectivity index (χ3n) is 7.14. The summed E-state index contributed by atoms with van der Waals surface area (Å²) in [7, 11) is 0. The van der Waals surface area contributed by atoms with E-state index in [2.05, 4.69) is 21.8 Å². The van der Waals surface area contributed by atoms with Crippen LogP contribution in [0.3, 0.4) is 0 Å². The first-order valence-electron chi connectivity index (χ1n) is 11.7. The van der Waals surface area contributed by atoms with E-state index in [1.807, 2.05) is 13.8 Å². The predicted octanol–water partition coefficient (Wildman–Crippen LogP) is 4.81. The van der Waals surface area contributed by atoms with Crippen LogP contribution in [0.15, 0.2) is 24.4 Å². The van der Waals surface area contributed by atoms with E-state index in [9.17, 15) is 14.0 Å². The Morgan fingerprint density at radius 1 is 1.21 bits per heavy atom. The molecule has 2 aromatic rings. The molecule has 3 aliphatic rings. The van der Waals surface area contributed by atoms with Crippen molar-refractivity contribution in [2.24, 2.45) is 0 Å². The Labute approximate surface area is 193 Å². The van der Waals surface area contributed by atoms with E-state index in [4.69, 9.17) is 0 Å². The largest absolute Gasteiger partial charge is 0.341 e. The third kappa shape index (κ3) is 3.54. The first kappa shape index (κ1) is 21.7. The SMILES string of the molecule is Cc1nc(N2CCCCC2)ncc1C(=O)C=C1C(=O)N2c3c1cc(F)cc3C(C)CC2(C)C. The van der Waals surface area contributed by atoms with Crippen LogP contribution in [0.1, 0.15) is 79.6 Å². The zero-order valence-corrected chi connectivity index (χ0v) is 19.6. The van der Waals surface area contributed by atoms with Crippen LogP contribution in [-0.4, -0.2) is 40.3 Å². The summed E-state index contributed by atoms with van der Waals surface area (Å²) in [6, 6.07) is 2.88. The van der Waals surface area contributed by atoms with Gasteiger partial charge in [0.05, 0.1) is 22.5 Å². The van der Waals surface area contributed by atoms with Crippen LogP contribution < -0.4 is 9.80 Å². The van der Waals surface area contributed by atoms with Crippen molar-refractivity contribution in [2.75, 3.05) is 22.9 Å². The van der Waals surface area contributed by atoms with Crippen molar-refractivity contribution < 1.29 is 14.0 Å². The Kier molecular flexibility index (Phi) is 5.10. The second-order valence-electron chi connectivity index (χ2n) is 10.1. The first-order valence-corrected chi connectivity index (χ1v) is 11.7. The molecule has 1 saturated heterocycles. The number of hydrogen-bond donors (Lipinski definition) is 0. The van der Waals surface area contributed by atoms with Crippen LogP contribution in [0.5, 0.6) is 0 Å². The van der Waals surface area contributed by atoms with Crippen molar-refractivity contribution >= 4 is 28.9 Å². The molecule has 5 rings (SSSR count). The number of amides is 1. The lowest BCUT2D eigenvalue weighted by Gasteiger charge is -2.43. The maximum atomic E-state index is 14.5.